The highest BCUT2D eigenvalue weighted by Gasteiger charge is 2.19. The van der Waals surface area contributed by atoms with Crippen LogP contribution in [0.2, 0.25) is 5.54 Å². The molecule has 0 aromatic heterocycles. The first-order valence-corrected chi connectivity index (χ1v) is 6.67. The molecule has 1 heterocycles. The Morgan fingerprint density at radius 1 is 1.57 bits per heavy atom. The molecule has 0 spiro atoms. The van der Waals surface area contributed by atoms with Crippen LogP contribution in [-0.4, -0.2) is 34.5 Å². The number of nitrogens with one attached hydrogen (secondary N) is 2. The maximum absolute atomic E-state index is 11.3. The van der Waals surface area contributed by atoms with Gasteiger partial charge >= 0.3 is 6.09 Å². The van der Waals surface area contributed by atoms with Gasteiger partial charge in [-0.15, -0.1) is 0 Å². The molecule has 4 nitrogen and oxygen atoms in total. The number of hydrogen-bond donors (Lipinski definition) is 2. The smallest absolute Gasteiger partial charge is 0.399 e. The lowest BCUT2D eigenvalue weighted by Crippen LogP contribution is -2.36. The second-order valence-corrected chi connectivity index (χ2v) is 6.66. The summed E-state index contributed by atoms with van der Waals surface area (Å²) >= 11 is 0. The van der Waals surface area contributed by atoms with Crippen LogP contribution in [0.4, 0.5) is 4.79 Å². The highest BCUT2D eigenvalue weighted by molar-refractivity contribution is 6.38. The van der Waals surface area contributed by atoms with Crippen LogP contribution in [0, 0.1) is 0 Å². The summed E-state index contributed by atoms with van der Waals surface area (Å²) in [7, 11) is -0.516. The van der Waals surface area contributed by atoms with Crippen molar-refractivity contribution >= 4 is 15.8 Å². The van der Waals surface area contributed by atoms with Gasteiger partial charge < -0.3 is 15.0 Å². The fourth-order valence-electron chi connectivity index (χ4n) is 1.43. The van der Waals surface area contributed by atoms with Crippen molar-refractivity contribution in [3.05, 3.63) is 0 Å². The van der Waals surface area contributed by atoms with Crippen LogP contribution >= 0.6 is 0 Å². The van der Waals surface area contributed by atoms with Crippen LogP contribution in [0.1, 0.15) is 27.2 Å². The summed E-state index contributed by atoms with van der Waals surface area (Å²) in [5.41, 5.74) is 0.314. The van der Waals surface area contributed by atoms with Crippen LogP contribution in [-0.2, 0) is 4.74 Å². The lowest BCUT2D eigenvalue weighted by atomic mass is 10.2. The summed E-state index contributed by atoms with van der Waals surface area (Å²) in [6.45, 7) is 7.79. The Balaban J connectivity index is 2.14. The molecule has 0 aliphatic carbocycles. The first kappa shape index (κ1) is 11.5. The van der Waals surface area contributed by atoms with E-state index < -0.39 is 9.68 Å². The van der Waals surface area contributed by atoms with E-state index in [2.05, 4.69) is 10.3 Å². The van der Waals surface area contributed by atoms with E-state index in [9.17, 15) is 4.79 Å². The molecule has 1 aliphatic rings. The molecule has 1 atom stereocenters. The third-order valence-electron chi connectivity index (χ3n) is 2.10. The van der Waals surface area contributed by atoms with Crippen molar-refractivity contribution in [2.24, 2.45) is 0 Å². The van der Waals surface area contributed by atoms with Crippen LogP contribution in [0.5, 0.6) is 0 Å². The summed E-state index contributed by atoms with van der Waals surface area (Å²) in [5.74, 6) is 0. The van der Waals surface area contributed by atoms with Gasteiger partial charge in [0.05, 0.1) is 0 Å². The second-order valence-electron chi connectivity index (χ2n) is 4.74. The molecular formula is C9H20N2O2Si. The summed E-state index contributed by atoms with van der Waals surface area (Å²) in [4.78, 5) is 14.2. The van der Waals surface area contributed by atoms with Crippen molar-refractivity contribution in [3.63, 3.8) is 0 Å². The maximum Gasteiger partial charge on any atom is 0.399 e. The van der Waals surface area contributed by atoms with Crippen molar-refractivity contribution in [3.8, 4) is 0 Å². The molecule has 1 rings (SSSR count). The quantitative estimate of drug-likeness (QED) is 0.656. The van der Waals surface area contributed by atoms with Gasteiger partial charge in [-0.2, -0.15) is 0 Å². The van der Waals surface area contributed by atoms with Gasteiger partial charge in [0.15, 0.2) is 0 Å². The molecule has 5 heteroatoms. The van der Waals surface area contributed by atoms with Gasteiger partial charge in [-0.25, -0.2) is 4.79 Å². The molecular weight excluding hydrogens is 196 g/mol. The molecule has 1 unspecified atom stereocenters. The Morgan fingerprint density at radius 3 is 2.79 bits per heavy atom. The van der Waals surface area contributed by atoms with E-state index in [4.69, 9.17) is 4.74 Å². The topological polar surface area (TPSA) is 50.4 Å². The van der Waals surface area contributed by atoms with E-state index in [0.717, 1.165) is 13.1 Å². The number of rotatable bonds is 2. The lowest BCUT2D eigenvalue weighted by Gasteiger charge is -2.20. The Kier molecular flexibility index (Phi) is 3.94. The van der Waals surface area contributed by atoms with Gasteiger partial charge in [0.25, 0.3) is 0 Å². The first-order chi connectivity index (χ1) is 6.47. The van der Waals surface area contributed by atoms with Crippen LogP contribution in [0.3, 0.4) is 0 Å². The predicted octanol–water partition coefficient (Wildman–Crippen LogP) is 0.377. The molecule has 1 saturated heterocycles. The second kappa shape index (κ2) is 4.79. The molecule has 82 valence electrons. The Hall–Kier alpha value is -0.553. The largest absolute Gasteiger partial charge is 0.444 e. The average Bonchev–Trinajstić information content (AvgIpc) is 2.49. The average molecular weight is 216 g/mol. The molecule has 1 amide bonds. The number of ether oxygens (including phenoxy) is 1. The van der Waals surface area contributed by atoms with Crippen LogP contribution < -0.4 is 10.3 Å². The van der Waals surface area contributed by atoms with Crippen molar-refractivity contribution in [1.82, 2.24) is 10.3 Å². The highest BCUT2D eigenvalue weighted by atomic mass is 28.2. The summed E-state index contributed by atoms with van der Waals surface area (Å²) in [5, 5.41) is 3.29. The van der Waals surface area contributed by atoms with E-state index in [0.29, 0.717) is 5.54 Å². The van der Waals surface area contributed by atoms with Gasteiger partial charge in [-0.1, -0.05) is 0 Å². The molecule has 0 radical (unpaired) electrons. The Bertz CT molecular complexity index is 197. The Morgan fingerprint density at radius 2 is 2.29 bits per heavy atom. The molecule has 1 fully saturated rings. The van der Waals surface area contributed by atoms with Crippen molar-refractivity contribution in [2.75, 3.05) is 13.1 Å². The third kappa shape index (κ3) is 4.62. The fraction of sp³-hybridized carbons (Fsp3) is 0.889. The first-order valence-electron chi connectivity index (χ1n) is 5.15. The third-order valence-corrected chi connectivity index (χ3v) is 3.86. The van der Waals surface area contributed by atoms with Gasteiger partial charge in [-0.3, -0.25) is 0 Å². The van der Waals surface area contributed by atoms with Crippen molar-refractivity contribution in [1.29, 1.82) is 0 Å². The molecule has 1 aliphatic heterocycles. The number of amides is 1. The monoisotopic (exact) mass is 216 g/mol. The fourth-order valence-corrected chi connectivity index (χ4v) is 2.71. The van der Waals surface area contributed by atoms with E-state index in [1.54, 1.807) is 0 Å². The predicted molar refractivity (Wildman–Crippen MR) is 59.2 cm³/mol. The summed E-state index contributed by atoms with van der Waals surface area (Å²) < 4.78 is 5.16. The minimum atomic E-state index is -0.516. The van der Waals surface area contributed by atoms with Gasteiger partial charge in [0, 0.05) is 0 Å². The van der Waals surface area contributed by atoms with Crippen molar-refractivity contribution in [2.45, 2.75) is 38.3 Å². The van der Waals surface area contributed by atoms with Crippen LogP contribution in [0.15, 0.2) is 0 Å². The number of hydrogen-bond acceptors (Lipinski definition) is 3. The normalized spacial score (nSPS) is 22.9. The molecule has 0 saturated carbocycles. The minimum Gasteiger partial charge on any atom is -0.444 e. The van der Waals surface area contributed by atoms with E-state index in [1.807, 2.05) is 20.8 Å². The molecule has 2 N–H and O–H groups in total. The minimum absolute atomic E-state index is 0.254. The molecule has 0 aromatic rings. The zero-order chi connectivity index (χ0) is 10.6. The van der Waals surface area contributed by atoms with Crippen LogP contribution in [0.25, 0.3) is 0 Å². The standard InChI is InChI=1S/C9H20N2O2Si/c1-9(2,3)13-8(12)11-14-7-4-5-10-6-7/h7,10H,4-6,14H2,1-3H3,(H,11,12). The molecule has 0 aromatic carbocycles. The Labute approximate surface area is 87.7 Å². The number of carbonyl (C=O) groups is 1. The molecule has 0 bridgehead atoms. The van der Waals surface area contributed by atoms with E-state index >= 15 is 0 Å². The zero-order valence-corrected chi connectivity index (χ0v) is 10.6. The SMILES string of the molecule is CC(C)(C)OC(=O)N[SiH2]C1CCNC1. The van der Waals surface area contributed by atoms with E-state index in [1.165, 1.54) is 6.42 Å². The highest BCUT2D eigenvalue weighted by Crippen LogP contribution is 2.11. The molecule has 14 heavy (non-hydrogen) atoms. The van der Waals surface area contributed by atoms with Crippen molar-refractivity contribution < 1.29 is 9.53 Å². The summed E-state index contributed by atoms with van der Waals surface area (Å²) in [6, 6.07) is 0. The lowest BCUT2D eigenvalue weighted by molar-refractivity contribution is 0.0568. The van der Waals surface area contributed by atoms with Gasteiger partial charge in [-0.05, 0) is 45.8 Å². The number of carbonyl (C=O) groups excluding carboxylic acids is 1. The van der Waals surface area contributed by atoms with Gasteiger partial charge in [0.1, 0.15) is 15.3 Å². The zero-order valence-electron chi connectivity index (χ0n) is 9.22. The maximum atomic E-state index is 11.3. The van der Waals surface area contributed by atoms with E-state index in [-0.39, 0.29) is 11.7 Å². The van der Waals surface area contributed by atoms with Gasteiger partial charge in [0.2, 0.25) is 0 Å². The summed E-state index contributed by atoms with van der Waals surface area (Å²) in [6.07, 6.45) is 0.943.